The number of nitrogens with zero attached hydrogens (tertiary/aromatic N) is 4. The molecule has 0 aliphatic heterocycles. The lowest BCUT2D eigenvalue weighted by Gasteiger charge is -1.83. The van der Waals surface area contributed by atoms with Crippen LogP contribution in [0.15, 0.2) is 24.4 Å². The van der Waals surface area contributed by atoms with Gasteiger partial charge < -0.3 is 0 Å². The van der Waals surface area contributed by atoms with Gasteiger partial charge in [0.05, 0.1) is 13.2 Å². The number of pyridine rings is 1. The van der Waals surface area contributed by atoms with Gasteiger partial charge in [0.15, 0.2) is 5.21 Å². The third-order valence-corrected chi connectivity index (χ3v) is 1.41. The molecular weight excluding hydrogens is 128 g/mol. The molecule has 0 atom stereocenters. The SMILES string of the molecule is Cn1nnc2cccc[n+]21. The Balaban J connectivity index is 2.93. The molecule has 0 N–H and O–H groups in total. The second-order valence-electron chi connectivity index (χ2n) is 2.08. The Kier molecular flexibility index (Phi) is 0.943. The van der Waals surface area contributed by atoms with E-state index in [0.29, 0.717) is 0 Å². The fraction of sp³-hybridized carbons (Fsp3) is 0.167. The van der Waals surface area contributed by atoms with Gasteiger partial charge in [-0.25, -0.2) is 0 Å². The van der Waals surface area contributed by atoms with Gasteiger partial charge in [0, 0.05) is 6.07 Å². The molecule has 0 unspecified atom stereocenters. The smallest absolute Gasteiger partial charge is 0.129 e. The molecule has 0 fully saturated rings. The summed E-state index contributed by atoms with van der Waals surface area (Å²) in [6.45, 7) is 0. The molecule has 0 radical (unpaired) electrons. The molecule has 2 heterocycles. The van der Waals surface area contributed by atoms with Crippen molar-refractivity contribution in [1.82, 2.24) is 15.1 Å². The van der Waals surface area contributed by atoms with E-state index in [1.165, 1.54) is 0 Å². The normalized spacial score (nSPS) is 10.5. The number of rotatable bonds is 0. The first-order valence-corrected chi connectivity index (χ1v) is 3.04. The lowest BCUT2D eigenvalue weighted by molar-refractivity contribution is -0.613. The maximum Gasteiger partial charge on any atom is 0.329 e. The van der Waals surface area contributed by atoms with E-state index in [1.54, 1.807) is 4.80 Å². The first-order valence-electron chi connectivity index (χ1n) is 3.04. The Morgan fingerprint density at radius 2 is 2.40 bits per heavy atom. The summed E-state index contributed by atoms with van der Waals surface area (Å²) in [5.41, 5.74) is 0.866. The third-order valence-electron chi connectivity index (χ3n) is 1.41. The van der Waals surface area contributed by atoms with E-state index in [1.807, 2.05) is 36.0 Å². The minimum absolute atomic E-state index is 0.866. The van der Waals surface area contributed by atoms with Crippen molar-refractivity contribution in [3.05, 3.63) is 24.4 Å². The number of hydrogen-bond acceptors (Lipinski definition) is 2. The maximum atomic E-state index is 3.89. The van der Waals surface area contributed by atoms with Gasteiger partial charge in [0.2, 0.25) is 0 Å². The van der Waals surface area contributed by atoms with Crippen LogP contribution >= 0.6 is 0 Å². The molecule has 50 valence electrons. The average molecular weight is 135 g/mol. The van der Waals surface area contributed by atoms with Crippen LogP contribution in [-0.4, -0.2) is 15.1 Å². The summed E-state index contributed by atoms with van der Waals surface area (Å²) in [5.74, 6) is 0. The van der Waals surface area contributed by atoms with E-state index >= 15 is 0 Å². The van der Waals surface area contributed by atoms with Crippen molar-refractivity contribution >= 4 is 5.65 Å². The van der Waals surface area contributed by atoms with Gasteiger partial charge in [-0.2, -0.15) is 0 Å². The van der Waals surface area contributed by atoms with Gasteiger partial charge >= 0.3 is 5.65 Å². The average Bonchev–Trinajstić information content (AvgIpc) is 2.34. The van der Waals surface area contributed by atoms with E-state index in [-0.39, 0.29) is 0 Å². The molecule has 0 aliphatic rings. The minimum Gasteiger partial charge on any atom is -0.129 e. The molecule has 2 aromatic rings. The Bertz CT molecular complexity index is 351. The van der Waals surface area contributed by atoms with E-state index in [4.69, 9.17) is 0 Å². The van der Waals surface area contributed by atoms with Gasteiger partial charge in [-0.3, -0.25) is 0 Å². The van der Waals surface area contributed by atoms with Crippen LogP contribution in [0.2, 0.25) is 0 Å². The monoisotopic (exact) mass is 135 g/mol. The third kappa shape index (κ3) is 0.586. The van der Waals surface area contributed by atoms with Crippen LogP contribution in [0, 0.1) is 0 Å². The fourth-order valence-corrected chi connectivity index (χ4v) is 0.903. The molecule has 0 spiro atoms. The molecule has 2 rings (SSSR count). The second-order valence-corrected chi connectivity index (χ2v) is 2.08. The highest BCUT2D eigenvalue weighted by molar-refractivity contribution is 5.24. The predicted molar refractivity (Wildman–Crippen MR) is 34.2 cm³/mol. The summed E-state index contributed by atoms with van der Waals surface area (Å²) >= 11 is 0. The summed E-state index contributed by atoms with van der Waals surface area (Å²) < 4.78 is 1.86. The minimum atomic E-state index is 0.866. The number of hydrogen-bond donors (Lipinski definition) is 0. The Hall–Kier alpha value is -1.45. The quantitative estimate of drug-likeness (QED) is 0.459. The van der Waals surface area contributed by atoms with Crippen molar-refractivity contribution in [3.63, 3.8) is 0 Å². The largest absolute Gasteiger partial charge is 0.329 e. The molecule has 0 aliphatic carbocycles. The van der Waals surface area contributed by atoms with Crippen molar-refractivity contribution in [3.8, 4) is 0 Å². The van der Waals surface area contributed by atoms with E-state index in [9.17, 15) is 0 Å². The highest BCUT2D eigenvalue weighted by Crippen LogP contribution is 1.85. The maximum absolute atomic E-state index is 3.89. The number of fused-ring (bicyclic) bond motifs is 1. The van der Waals surface area contributed by atoms with Crippen LogP contribution in [-0.2, 0) is 7.05 Å². The van der Waals surface area contributed by atoms with E-state index in [2.05, 4.69) is 10.3 Å². The predicted octanol–water partition coefficient (Wildman–Crippen LogP) is -0.446. The van der Waals surface area contributed by atoms with Crippen molar-refractivity contribution in [2.45, 2.75) is 0 Å². The van der Waals surface area contributed by atoms with Crippen LogP contribution in [0.25, 0.3) is 5.65 Å². The number of aryl methyl sites for hydroxylation is 1. The van der Waals surface area contributed by atoms with Crippen molar-refractivity contribution in [2.24, 2.45) is 7.05 Å². The molecule has 10 heavy (non-hydrogen) atoms. The van der Waals surface area contributed by atoms with Crippen LogP contribution in [0.5, 0.6) is 0 Å². The first kappa shape index (κ1) is 5.34. The zero-order chi connectivity index (χ0) is 6.97. The van der Waals surface area contributed by atoms with Crippen molar-refractivity contribution in [2.75, 3.05) is 0 Å². The van der Waals surface area contributed by atoms with Crippen molar-refractivity contribution in [1.29, 1.82) is 0 Å². The van der Waals surface area contributed by atoms with E-state index in [0.717, 1.165) is 5.65 Å². The standard InChI is InChI=1S/C6H7N4/c1-9-8-7-6-4-2-3-5-10(6)9/h2-5H,1H3/q+1. The number of tetrazole rings is 1. The lowest BCUT2D eigenvalue weighted by atomic mass is 10.5. The van der Waals surface area contributed by atoms with Gasteiger partial charge in [0.1, 0.15) is 5.10 Å². The molecule has 4 heteroatoms. The zero-order valence-electron chi connectivity index (χ0n) is 5.60. The summed E-state index contributed by atoms with van der Waals surface area (Å²) in [6, 6.07) is 5.79. The fourth-order valence-electron chi connectivity index (χ4n) is 0.903. The summed E-state index contributed by atoms with van der Waals surface area (Å²) in [5, 5.41) is 7.72. The Morgan fingerprint density at radius 3 is 3.20 bits per heavy atom. The Morgan fingerprint density at radius 1 is 1.50 bits per heavy atom. The first-order chi connectivity index (χ1) is 4.88. The highest BCUT2D eigenvalue weighted by Gasteiger charge is 2.04. The highest BCUT2D eigenvalue weighted by atomic mass is 15.6. The summed E-state index contributed by atoms with van der Waals surface area (Å²) in [4.78, 5) is 1.68. The van der Waals surface area contributed by atoms with Crippen LogP contribution in [0.4, 0.5) is 0 Å². The lowest BCUT2D eigenvalue weighted by Crippen LogP contribution is -2.30. The molecule has 2 aromatic heterocycles. The molecular formula is C6H7N4+. The molecule has 0 aromatic carbocycles. The zero-order valence-corrected chi connectivity index (χ0v) is 5.60. The number of aromatic nitrogens is 4. The van der Waals surface area contributed by atoms with Gasteiger partial charge in [-0.1, -0.05) is 10.9 Å². The Labute approximate surface area is 57.7 Å². The van der Waals surface area contributed by atoms with E-state index < -0.39 is 0 Å². The second kappa shape index (κ2) is 1.76. The summed E-state index contributed by atoms with van der Waals surface area (Å²) in [7, 11) is 1.85. The molecule has 4 nitrogen and oxygen atoms in total. The van der Waals surface area contributed by atoms with Gasteiger partial charge in [-0.15, -0.1) is 4.52 Å². The molecule has 0 saturated heterocycles. The molecule has 0 saturated carbocycles. The topological polar surface area (TPSA) is 34.8 Å². The van der Waals surface area contributed by atoms with Crippen LogP contribution < -0.4 is 4.52 Å². The van der Waals surface area contributed by atoms with Crippen LogP contribution in [0.1, 0.15) is 0 Å². The van der Waals surface area contributed by atoms with Crippen LogP contribution in [0.3, 0.4) is 0 Å². The summed E-state index contributed by atoms with van der Waals surface area (Å²) in [6.07, 6.45) is 1.91. The molecule has 0 amide bonds. The molecule has 0 bridgehead atoms. The van der Waals surface area contributed by atoms with Gasteiger partial charge in [0.25, 0.3) is 0 Å². The van der Waals surface area contributed by atoms with Gasteiger partial charge in [-0.05, 0) is 6.07 Å². The van der Waals surface area contributed by atoms with Crippen molar-refractivity contribution < 1.29 is 4.52 Å².